The van der Waals surface area contributed by atoms with Crippen molar-refractivity contribution in [2.75, 3.05) is 19.5 Å². The molecule has 0 bridgehead atoms. The number of carbonyl (C=O) groups excluding carboxylic acids is 1. The summed E-state index contributed by atoms with van der Waals surface area (Å²) < 4.78 is 12.8. The molecule has 0 aliphatic carbocycles. The molecule has 1 aliphatic heterocycles. The number of nitrogens with zero attached hydrogens (tertiary/aromatic N) is 2. The summed E-state index contributed by atoms with van der Waals surface area (Å²) in [5, 5.41) is 3.01. The minimum atomic E-state index is -0.257. The summed E-state index contributed by atoms with van der Waals surface area (Å²) in [7, 11) is 3.11. The second kappa shape index (κ2) is 7.76. The summed E-state index contributed by atoms with van der Waals surface area (Å²) in [5.74, 6) is 1.94. The maximum atomic E-state index is 13.0. The zero-order valence-corrected chi connectivity index (χ0v) is 16.1. The Morgan fingerprint density at radius 3 is 2.75 bits per heavy atom. The molecule has 1 N–H and O–H groups in total. The van der Waals surface area contributed by atoms with Crippen LogP contribution in [-0.4, -0.2) is 29.7 Å². The Labute approximate surface area is 164 Å². The summed E-state index contributed by atoms with van der Waals surface area (Å²) in [4.78, 5) is 17.8. The van der Waals surface area contributed by atoms with Crippen molar-refractivity contribution in [1.29, 1.82) is 0 Å². The van der Waals surface area contributed by atoms with Crippen molar-refractivity contribution in [2.45, 2.75) is 25.8 Å². The lowest BCUT2D eigenvalue weighted by molar-refractivity contribution is 0.102. The zero-order valence-electron chi connectivity index (χ0n) is 16.1. The van der Waals surface area contributed by atoms with Crippen LogP contribution in [0.1, 0.15) is 29.0 Å². The van der Waals surface area contributed by atoms with Gasteiger partial charge in [0.1, 0.15) is 17.3 Å². The van der Waals surface area contributed by atoms with Crippen LogP contribution in [0.15, 0.2) is 48.7 Å². The number of para-hydroxylation sites is 1. The third-order valence-electron chi connectivity index (χ3n) is 5.01. The molecule has 28 heavy (non-hydrogen) atoms. The van der Waals surface area contributed by atoms with Gasteiger partial charge in [0, 0.05) is 24.7 Å². The Morgan fingerprint density at radius 2 is 1.96 bits per heavy atom. The second-order valence-corrected chi connectivity index (χ2v) is 6.76. The maximum Gasteiger partial charge on any atom is 0.259 e. The molecule has 2 heterocycles. The predicted octanol–water partition coefficient (Wildman–Crippen LogP) is 4.16. The number of fused-ring (bicyclic) bond motifs is 1. The van der Waals surface area contributed by atoms with Gasteiger partial charge in [-0.25, -0.2) is 4.98 Å². The summed E-state index contributed by atoms with van der Waals surface area (Å²) >= 11 is 0. The summed E-state index contributed by atoms with van der Waals surface area (Å²) in [6.07, 6.45) is 5.42. The lowest BCUT2D eigenvalue weighted by Crippen LogP contribution is -2.14. The molecule has 1 aromatic heterocycles. The standard InChI is InChI=1S/C22H23N3O3/c1-27-15-10-11-20(28-2)17(13-15)22(26)24-18-8-4-3-7-16(18)19-14-25-12-6-5-9-21(25)23-19/h3-4,7-8,10-11,13-14H,5-6,9,12H2,1-2H3,(H,24,26). The van der Waals surface area contributed by atoms with Gasteiger partial charge in [-0.1, -0.05) is 18.2 Å². The molecule has 2 aromatic carbocycles. The van der Waals surface area contributed by atoms with E-state index in [1.807, 2.05) is 24.3 Å². The van der Waals surface area contributed by atoms with Crippen LogP contribution in [0.4, 0.5) is 5.69 Å². The smallest absolute Gasteiger partial charge is 0.259 e. The van der Waals surface area contributed by atoms with Gasteiger partial charge in [-0.2, -0.15) is 0 Å². The average molecular weight is 377 g/mol. The number of benzene rings is 2. The third-order valence-corrected chi connectivity index (χ3v) is 5.01. The van der Waals surface area contributed by atoms with Crippen molar-refractivity contribution in [3.05, 3.63) is 60.0 Å². The summed E-state index contributed by atoms with van der Waals surface area (Å²) in [6.45, 7) is 0.998. The summed E-state index contributed by atoms with van der Waals surface area (Å²) in [5.41, 5.74) is 2.92. The first-order valence-electron chi connectivity index (χ1n) is 9.38. The Hall–Kier alpha value is -3.28. The Bertz CT molecular complexity index is 987. The van der Waals surface area contributed by atoms with E-state index in [1.54, 1.807) is 32.4 Å². The number of amides is 1. The Morgan fingerprint density at radius 1 is 1.11 bits per heavy atom. The number of hydrogen-bond donors (Lipinski definition) is 1. The van der Waals surface area contributed by atoms with Gasteiger partial charge >= 0.3 is 0 Å². The van der Waals surface area contributed by atoms with Crippen LogP contribution >= 0.6 is 0 Å². The van der Waals surface area contributed by atoms with Gasteiger partial charge in [0.05, 0.1) is 31.2 Å². The highest BCUT2D eigenvalue weighted by atomic mass is 16.5. The maximum absolute atomic E-state index is 13.0. The van der Waals surface area contributed by atoms with Crippen LogP contribution < -0.4 is 14.8 Å². The fourth-order valence-corrected chi connectivity index (χ4v) is 3.54. The molecule has 0 unspecified atom stereocenters. The molecule has 144 valence electrons. The van der Waals surface area contributed by atoms with Gasteiger partial charge in [0.25, 0.3) is 5.91 Å². The molecule has 0 spiro atoms. The van der Waals surface area contributed by atoms with E-state index in [4.69, 9.17) is 14.5 Å². The number of hydrogen-bond acceptors (Lipinski definition) is 4. The molecule has 0 radical (unpaired) electrons. The average Bonchev–Trinajstić information content (AvgIpc) is 3.17. The molecule has 0 fully saturated rings. The molecular formula is C22H23N3O3. The van der Waals surface area contributed by atoms with Crippen LogP contribution in [0.25, 0.3) is 11.3 Å². The van der Waals surface area contributed by atoms with E-state index in [-0.39, 0.29) is 5.91 Å². The van der Waals surface area contributed by atoms with Crippen LogP contribution in [0.2, 0.25) is 0 Å². The molecule has 0 saturated carbocycles. The fourth-order valence-electron chi connectivity index (χ4n) is 3.54. The quantitative estimate of drug-likeness (QED) is 0.725. The van der Waals surface area contributed by atoms with E-state index >= 15 is 0 Å². The lowest BCUT2D eigenvalue weighted by atomic mass is 10.1. The van der Waals surface area contributed by atoms with E-state index in [0.717, 1.165) is 30.0 Å². The number of anilines is 1. The monoisotopic (exact) mass is 377 g/mol. The van der Waals surface area contributed by atoms with Crippen LogP contribution in [-0.2, 0) is 13.0 Å². The first kappa shape index (κ1) is 18.1. The number of aromatic nitrogens is 2. The van der Waals surface area contributed by atoms with E-state index in [9.17, 15) is 4.79 Å². The fraction of sp³-hybridized carbons (Fsp3) is 0.273. The van der Waals surface area contributed by atoms with Crippen molar-refractivity contribution in [3.63, 3.8) is 0 Å². The van der Waals surface area contributed by atoms with E-state index in [1.165, 1.54) is 12.8 Å². The normalized spacial score (nSPS) is 12.9. The Balaban J connectivity index is 1.66. The molecule has 0 atom stereocenters. The van der Waals surface area contributed by atoms with Gasteiger partial charge in [-0.15, -0.1) is 0 Å². The molecule has 6 heteroatoms. The van der Waals surface area contributed by atoms with Crippen molar-refractivity contribution < 1.29 is 14.3 Å². The minimum Gasteiger partial charge on any atom is -0.497 e. The van der Waals surface area contributed by atoms with E-state index in [2.05, 4.69) is 16.1 Å². The first-order valence-corrected chi connectivity index (χ1v) is 9.38. The lowest BCUT2D eigenvalue weighted by Gasteiger charge is -2.13. The van der Waals surface area contributed by atoms with Crippen molar-refractivity contribution in [1.82, 2.24) is 9.55 Å². The molecule has 6 nitrogen and oxygen atoms in total. The highest BCUT2D eigenvalue weighted by molar-refractivity contribution is 6.08. The van der Waals surface area contributed by atoms with Crippen LogP contribution in [0.5, 0.6) is 11.5 Å². The molecule has 0 saturated heterocycles. The largest absolute Gasteiger partial charge is 0.497 e. The molecular weight excluding hydrogens is 354 g/mol. The van der Waals surface area contributed by atoms with Crippen molar-refractivity contribution in [2.24, 2.45) is 0 Å². The predicted molar refractivity (Wildman–Crippen MR) is 108 cm³/mol. The minimum absolute atomic E-state index is 0.257. The van der Waals surface area contributed by atoms with Crippen molar-refractivity contribution >= 4 is 11.6 Å². The molecule has 1 amide bonds. The van der Waals surface area contributed by atoms with E-state index in [0.29, 0.717) is 22.7 Å². The number of methoxy groups -OCH3 is 2. The van der Waals surface area contributed by atoms with Crippen molar-refractivity contribution in [3.8, 4) is 22.8 Å². The number of nitrogens with one attached hydrogen (secondary N) is 1. The SMILES string of the molecule is COc1ccc(OC)c(C(=O)Nc2ccccc2-c2cn3c(n2)CCCC3)c1. The van der Waals surface area contributed by atoms with Gasteiger partial charge in [-0.05, 0) is 37.1 Å². The number of carbonyl (C=O) groups is 1. The molecule has 1 aliphatic rings. The van der Waals surface area contributed by atoms with Gasteiger partial charge < -0.3 is 19.4 Å². The van der Waals surface area contributed by atoms with Gasteiger partial charge in [0.2, 0.25) is 0 Å². The third kappa shape index (κ3) is 3.45. The van der Waals surface area contributed by atoms with Crippen LogP contribution in [0, 0.1) is 0 Å². The van der Waals surface area contributed by atoms with E-state index < -0.39 is 0 Å². The number of rotatable bonds is 5. The highest BCUT2D eigenvalue weighted by Gasteiger charge is 2.18. The number of imidazole rings is 1. The second-order valence-electron chi connectivity index (χ2n) is 6.76. The first-order chi connectivity index (χ1) is 13.7. The molecule has 4 rings (SSSR count). The highest BCUT2D eigenvalue weighted by Crippen LogP contribution is 2.30. The number of aryl methyl sites for hydroxylation is 2. The Kier molecular flexibility index (Phi) is 5.02. The van der Waals surface area contributed by atoms with Gasteiger partial charge in [-0.3, -0.25) is 4.79 Å². The topological polar surface area (TPSA) is 65.4 Å². The summed E-state index contributed by atoms with van der Waals surface area (Å²) in [6, 6.07) is 12.9. The van der Waals surface area contributed by atoms with Gasteiger partial charge in [0.15, 0.2) is 0 Å². The number of ether oxygens (including phenoxy) is 2. The zero-order chi connectivity index (χ0) is 19.5. The van der Waals surface area contributed by atoms with Crippen LogP contribution in [0.3, 0.4) is 0 Å². The molecule has 3 aromatic rings.